The Morgan fingerprint density at radius 3 is 2.55 bits per heavy atom. The predicted octanol–water partition coefficient (Wildman–Crippen LogP) is 3.28. The molecule has 2 aromatic heterocycles. The smallest absolute Gasteiger partial charge is 0.219 e. The number of hydrogen-bond acceptors (Lipinski definition) is 6. The van der Waals surface area contributed by atoms with Gasteiger partial charge in [-0.15, -0.1) is 0 Å². The quantitative estimate of drug-likeness (QED) is 0.652. The Hall–Kier alpha value is -2.91. The number of nitrogen functional groups attached to an aromatic ring is 1. The van der Waals surface area contributed by atoms with Crippen LogP contribution >= 0.6 is 0 Å². The zero-order chi connectivity index (χ0) is 22.0. The second-order valence-electron chi connectivity index (χ2n) is 7.83. The maximum Gasteiger partial charge on any atom is 0.219 e. The molecule has 1 aliphatic rings. The molecule has 0 saturated carbocycles. The fourth-order valence-electron chi connectivity index (χ4n) is 3.88. The van der Waals surface area contributed by atoms with Gasteiger partial charge in [-0.2, -0.15) is 0 Å². The largest absolute Gasteiger partial charge is 0.368 e. The molecule has 3 heterocycles. The van der Waals surface area contributed by atoms with Gasteiger partial charge in [-0.05, 0) is 55.2 Å². The minimum absolute atomic E-state index is 0.00917. The third kappa shape index (κ3) is 5.05. The highest BCUT2D eigenvalue weighted by Crippen LogP contribution is 2.31. The van der Waals surface area contributed by atoms with E-state index in [9.17, 15) is 12.8 Å². The summed E-state index contributed by atoms with van der Waals surface area (Å²) in [6.45, 7) is 2.76. The van der Waals surface area contributed by atoms with Crippen molar-refractivity contribution in [3.8, 4) is 11.1 Å². The second-order valence-corrected chi connectivity index (χ2v) is 9.80. The highest BCUT2D eigenvalue weighted by atomic mass is 32.2. The van der Waals surface area contributed by atoms with E-state index in [1.807, 2.05) is 19.1 Å². The SMILES string of the molecule is Cc1cc(-c2cnc(N)nc2)cc(C2CCCN(S(=O)(=O)Cc3ccc(F)cc3)C2)n1. The van der Waals surface area contributed by atoms with Crippen molar-refractivity contribution in [3.63, 3.8) is 0 Å². The van der Waals surface area contributed by atoms with E-state index in [4.69, 9.17) is 5.73 Å². The summed E-state index contributed by atoms with van der Waals surface area (Å²) in [6.07, 6.45) is 4.95. The van der Waals surface area contributed by atoms with Crippen molar-refractivity contribution in [1.29, 1.82) is 0 Å². The van der Waals surface area contributed by atoms with Crippen molar-refractivity contribution in [3.05, 3.63) is 71.6 Å². The summed E-state index contributed by atoms with van der Waals surface area (Å²) in [7, 11) is -3.52. The van der Waals surface area contributed by atoms with Gasteiger partial charge in [0.25, 0.3) is 0 Å². The number of anilines is 1. The van der Waals surface area contributed by atoms with Gasteiger partial charge in [0.15, 0.2) is 0 Å². The summed E-state index contributed by atoms with van der Waals surface area (Å²) in [5.41, 5.74) is 9.61. The first kappa shape index (κ1) is 21.3. The number of halogens is 1. The van der Waals surface area contributed by atoms with Gasteiger partial charge < -0.3 is 5.73 Å². The molecule has 0 spiro atoms. The Balaban J connectivity index is 1.55. The molecule has 1 atom stereocenters. The van der Waals surface area contributed by atoms with Gasteiger partial charge in [0.2, 0.25) is 16.0 Å². The standard InChI is InChI=1S/C22H24FN5O2S/c1-15-9-18(19-11-25-22(24)26-12-19)10-21(27-15)17-3-2-8-28(13-17)31(29,30)14-16-4-6-20(23)7-5-16/h4-7,9-12,17H,2-3,8,13-14H2,1H3,(H2,24,25,26). The van der Waals surface area contributed by atoms with Crippen LogP contribution in [0.2, 0.25) is 0 Å². The van der Waals surface area contributed by atoms with E-state index < -0.39 is 10.0 Å². The molecule has 0 bridgehead atoms. The van der Waals surface area contributed by atoms with Crippen LogP contribution in [0.1, 0.15) is 35.7 Å². The maximum absolute atomic E-state index is 13.1. The lowest BCUT2D eigenvalue weighted by Crippen LogP contribution is -2.40. The molecule has 3 aromatic rings. The van der Waals surface area contributed by atoms with Gasteiger partial charge in [-0.25, -0.2) is 27.1 Å². The number of aryl methyl sites for hydroxylation is 1. The van der Waals surface area contributed by atoms with E-state index in [1.54, 1.807) is 12.4 Å². The number of aromatic nitrogens is 3. The molecule has 0 aliphatic carbocycles. The number of piperidine rings is 1. The summed E-state index contributed by atoms with van der Waals surface area (Å²) in [4.78, 5) is 12.8. The van der Waals surface area contributed by atoms with Gasteiger partial charge in [-0.1, -0.05) is 12.1 Å². The van der Waals surface area contributed by atoms with Crippen molar-refractivity contribution in [2.75, 3.05) is 18.8 Å². The highest BCUT2D eigenvalue weighted by molar-refractivity contribution is 7.88. The van der Waals surface area contributed by atoms with Gasteiger partial charge >= 0.3 is 0 Å². The summed E-state index contributed by atoms with van der Waals surface area (Å²) in [6, 6.07) is 9.51. The lowest BCUT2D eigenvalue weighted by Gasteiger charge is -2.32. The van der Waals surface area contributed by atoms with Crippen LogP contribution in [-0.4, -0.2) is 40.8 Å². The summed E-state index contributed by atoms with van der Waals surface area (Å²) in [5.74, 6) is -0.323. The van der Waals surface area contributed by atoms with Crippen LogP contribution in [0.25, 0.3) is 11.1 Å². The first-order valence-electron chi connectivity index (χ1n) is 10.1. The third-order valence-corrected chi connectivity index (χ3v) is 7.25. The molecule has 2 N–H and O–H groups in total. The molecule has 1 saturated heterocycles. The number of nitrogens with zero attached hydrogens (tertiary/aromatic N) is 4. The second kappa shape index (κ2) is 8.68. The fraction of sp³-hybridized carbons (Fsp3) is 0.318. The Bertz CT molecular complexity index is 1170. The zero-order valence-electron chi connectivity index (χ0n) is 17.2. The molecule has 0 radical (unpaired) electrons. The summed E-state index contributed by atoms with van der Waals surface area (Å²) < 4.78 is 40.6. The van der Waals surface area contributed by atoms with E-state index in [0.29, 0.717) is 18.7 Å². The van der Waals surface area contributed by atoms with Crippen molar-refractivity contribution in [1.82, 2.24) is 19.3 Å². The van der Waals surface area contributed by atoms with Crippen LogP contribution in [0.4, 0.5) is 10.3 Å². The molecule has 1 unspecified atom stereocenters. The maximum atomic E-state index is 13.1. The van der Waals surface area contributed by atoms with Gasteiger partial charge in [0, 0.05) is 48.4 Å². The molecule has 1 aliphatic heterocycles. The van der Waals surface area contributed by atoms with Crippen molar-refractivity contribution in [2.45, 2.75) is 31.4 Å². The van der Waals surface area contributed by atoms with Crippen molar-refractivity contribution < 1.29 is 12.8 Å². The number of nitrogens with two attached hydrogens (primary N) is 1. The average Bonchev–Trinajstić information content (AvgIpc) is 2.75. The lowest BCUT2D eigenvalue weighted by molar-refractivity contribution is 0.312. The molecule has 7 nitrogen and oxygen atoms in total. The van der Waals surface area contributed by atoms with E-state index in [-0.39, 0.29) is 23.4 Å². The Morgan fingerprint density at radius 2 is 1.84 bits per heavy atom. The van der Waals surface area contributed by atoms with E-state index in [0.717, 1.165) is 35.4 Å². The number of pyridine rings is 1. The molecule has 31 heavy (non-hydrogen) atoms. The fourth-order valence-corrected chi connectivity index (χ4v) is 5.49. The van der Waals surface area contributed by atoms with Gasteiger partial charge in [-0.3, -0.25) is 4.98 Å². The molecular weight excluding hydrogens is 417 g/mol. The van der Waals surface area contributed by atoms with E-state index in [2.05, 4.69) is 15.0 Å². The number of benzene rings is 1. The van der Waals surface area contributed by atoms with Crippen molar-refractivity contribution in [2.24, 2.45) is 0 Å². The molecular formula is C22H24FN5O2S. The number of rotatable bonds is 5. The number of hydrogen-bond donors (Lipinski definition) is 1. The average molecular weight is 442 g/mol. The number of sulfonamides is 1. The summed E-state index contributed by atoms with van der Waals surface area (Å²) in [5, 5.41) is 0. The zero-order valence-corrected chi connectivity index (χ0v) is 18.0. The van der Waals surface area contributed by atoms with Crippen molar-refractivity contribution >= 4 is 16.0 Å². The third-order valence-electron chi connectivity index (χ3n) is 5.44. The van der Waals surface area contributed by atoms with E-state index in [1.165, 1.54) is 28.6 Å². The topological polar surface area (TPSA) is 102 Å². The molecule has 0 amide bonds. The molecule has 1 fully saturated rings. The van der Waals surface area contributed by atoms with Gasteiger partial charge in [0.1, 0.15) is 5.82 Å². The highest BCUT2D eigenvalue weighted by Gasteiger charge is 2.30. The van der Waals surface area contributed by atoms with Crippen LogP contribution < -0.4 is 5.73 Å². The van der Waals surface area contributed by atoms with Crippen LogP contribution in [0.3, 0.4) is 0 Å². The molecule has 4 rings (SSSR count). The molecule has 1 aromatic carbocycles. The van der Waals surface area contributed by atoms with E-state index >= 15 is 0 Å². The Morgan fingerprint density at radius 1 is 1.13 bits per heavy atom. The van der Waals surface area contributed by atoms with Crippen LogP contribution in [-0.2, 0) is 15.8 Å². The van der Waals surface area contributed by atoms with Crippen LogP contribution in [0.15, 0.2) is 48.8 Å². The van der Waals surface area contributed by atoms with Crippen LogP contribution in [0, 0.1) is 12.7 Å². The first-order valence-corrected chi connectivity index (χ1v) is 11.7. The minimum Gasteiger partial charge on any atom is -0.368 e. The Labute approximate surface area is 181 Å². The lowest BCUT2D eigenvalue weighted by atomic mass is 9.93. The monoisotopic (exact) mass is 441 g/mol. The first-order chi connectivity index (χ1) is 14.8. The summed E-state index contributed by atoms with van der Waals surface area (Å²) >= 11 is 0. The minimum atomic E-state index is -3.52. The van der Waals surface area contributed by atoms with Crippen LogP contribution in [0.5, 0.6) is 0 Å². The molecule has 9 heteroatoms. The normalized spacial score (nSPS) is 17.5. The predicted molar refractivity (Wildman–Crippen MR) is 117 cm³/mol. The Kier molecular flexibility index (Phi) is 5.97. The molecule has 162 valence electrons. The van der Waals surface area contributed by atoms with Gasteiger partial charge in [0.05, 0.1) is 5.75 Å².